The quantitative estimate of drug-likeness (QED) is 0.821. The average molecular weight is 234 g/mol. The fraction of sp³-hybridized carbons (Fsp3) is 0.692. The van der Waals surface area contributed by atoms with Crippen LogP contribution in [0.5, 0.6) is 0 Å². The summed E-state index contributed by atoms with van der Waals surface area (Å²) in [6.45, 7) is 8.48. The maximum atomic E-state index is 4.62. The Morgan fingerprint density at radius 1 is 1.41 bits per heavy atom. The summed E-state index contributed by atoms with van der Waals surface area (Å²) in [6.07, 6.45) is 6.37. The van der Waals surface area contributed by atoms with Gasteiger partial charge in [-0.15, -0.1) is 0 Å². The van der Waals surface area contributed by atoms with Gasteiger partial charge in [0.15, 0.2) is 0 Å². The molecule has 0 radical (unpaired) electrons. The summed E-state index contributed by atoms with van der Waals surface area (Å²) in [5, 5.41) is 3.21. The monoisotopic (exact) mass is 234 g/mol. The van der Waals surface area contributed by atoms with Gasteiger partial charge in [-0.1, -0.05) is 0 Å². The van der Waals surface area contributed by atoms with Gasteiger partial charge in [0.25, 0.3) is 0 Å². The van der Waals surface area contributed by atoms with Crippen LogP contribution in [-0.4, -0.2) is 29.1 Å². The molecule has 0 spiro atoms. The molecule has 4 heteroatoms. The molecule has 1 aromatic heterocycles. The Morgan fingerprint density at radius 2 is 2.18 bits per heavy atom. The normalized spacial score (nSPS) is 15.1. The van der Waals surface area contributed by atoms with Gasteiger partial charge in [0.1, 0.15) is 11.6 Å². The van der Waals surface area contributed by atoms with Crippen LogP contribution < -0.4 is 10.2 Å². The summed E-state index contributed by atoms with van der Waals surface area (Å²) < 4.78 is 0. The van der Waals surface area contributed by atoms with Crippen molar-refractivity contribution in [1.82, 2.24) is 9.97 Å². The summed E-state index contributed by atoms with van der Waals surface area (Å²) in [4.78, 5) is 11.2. The molecule has 4 nitrogen and oxygen atoms in total. The zero-order valence-corrected chi connectivity index (χ0v) is 11.0. The number of rotatable bonds is 6. The van der Waals surface area contributed by atoms with Crippen molar-refractivity contribution in [2.24, 2.45) is 5.92 Å². The molecule has 0 aromatic carbocycles. The molecular weight excluding hydrogens is 212 g/mol. The van der Waals surface area contributed by atoms with Gasteiger partial charge >= 0.3 is 0 Å². The first-order valence-electron chi connectivity index (χ1n) is 6.53. The number of nitrogens with zero attached hydrogens (tertiary/aromatic N) is 3. The molecule has 0 bridgehead atoms. The van der Waals surface area contributed by atoms with Crippen LogP contribution in [0.1, 0.15) is 33.6 Å². The van der Waals surface area contributed by atoms with E-state index in [0.29, 0.717) is 6.04 Å². The van der Waals surface area contributed by atoms with Crippen molar-refractivity contribution < 1.29 is 0 Å². The first-order chi connectivity index (χ1) is 8.20. The minimum absolute atomic E-state index is 0.474. The lowest BCUT2D eigenvalue weighted by Crippen LogP contribution is -2.33. The highest BCUT2D eigenvalue weighted by molar-refractivity contribution is 5.44. The van der Waals surface area contributed by atoms with Gasteiger partial charge < -0.3 is 10.2 Å². The Hall–Kier alpha value is -1.32. The van der Waals surface area contributed by atoms with Crippen LogP contribution in [0.15, 0.2) is 12.4 Å². The molecular formula is C13H22N4. The molecule has 17 heavy (non-hydrogen) atoms. The van der Waals surface area contributed by atoms with E-state index in [1.54, 1.807) is 6.20 Å². The molecule has 0 saturated heterocycles. The molecule has 1 N–H and O–H groups in total. The number of aromatic nitrogens is 2. The van der Waals surface area contributed by atoms with Gasteiger partial charge in [0.2, 0.25) is 0 Å². The molecule has 0 atom stereocenters. The van der Waals surface area contributed by atoms with Crippen molar-refractivity contribution in [1.29, 1.82) is 0 Å². The molecule has 1 aromatic rings. The number of hydrogen-bond acceptors (Lipinski definition) is 4. The lowest BCUT2D eigenvalue weighted by atomic mass is 10.2. The third kappa shape index (κ3) is 3.32. The summed E-state index contributed by atoms with van der Waals surface area (Å²) in [5.41, 5.74) is 0. The Balaban J connectivity index is 2.12. The largest absolute Gasteiger partial charge is 0.369 e. The molecule has 0 amide bonds. The SMILES string of the molecule is CCNc1cncc(N(CC2CC2)C(C)C)n1. The van der Waals surface area contributed by atoms with E-state index in [0.717, 1.165) is 30.6 Å². The zero-order valence-electron chi connectivity index (χ0n) is 11.0. The van der Waals surface area contributed by atoms with Crippen molar-refractivity contribution >= 4 is 11.6 Å². The third-order valence-corrected chi connectivity index (χ3v) is 3.05. The van der Waals surface area contributed by atoms with Gasteiger partial charge in [-0.05, 0) is 39.5 Å². The Morgan fingerprint density at radius 3 is 2.76 bits per heavy atom. The van der Waals surface area contributed by atoms with Crippen LogP contribution in [0, 0.1) is 5.92 Å². The molecule has 0 unspecified atom stereocenters. The topological polar surface area (TPSA) is 41.1 Å². The molecule has 1 fully saturated rings. The minimum atomic E-state index is 0.474. The smallest absolute Gasteiger partial charge is 0.149 e. The van der Waals surface area contributed by atoms with Crippen LogP contribution in [0.4, 0.5) is 11.6 Å². The van der Waals surface area contributed by atoms with Crippen molar-refractivity contribution in [3.8, 4) is 0 Å². The van der Waals surface area contributed by atoms with E-state index in [1.165, 1.54) is 12.8 Å². The van der Waals surface area contributed by atoms with Crippen LogP contribution in [-0.2, 0) is 0 Å². The molecule has 1 aliphatic rings. The summed E-state index contributed by atoms with van der Waals surface area (Å²) in [7, 11) is 0. The maximum Gasteiger partial charge on any atom is 0.149 e. The lowest BCUT2D eigenvalue weighted by Gasteiger charge is -2.27. The van der Waals surface area contributed by atoms with Gasteiger partial charge in [0.05, 0.1) is 12.4 Å². The van der Waals surface area contributed by atoms with Crippen molar-refractivity contribution in [2.75, 3.05) is 23.3 Å². The second kappa shape index (κ2) is 5.34. The van der Waals surface area contributed by atoms with E-state index >= 15 is 0 Å². The van der Waals surface area contributed by atoms with Crippen LogP contribution in [0.3, 0.4) is 0 Å². The highest BCUT2D eigenvalue weighted by Gasteiger charge is 2.26. The molecule has 0 aliphatic heterocycles. The first-order valence-corrected chi connectivity index (χ1v) is 6.53. The van der Waals surface area contributed by atoms with Crippen LogP contribution in [0.25, 0.3) is 0 Å². The Bertz CT molecular complexity index is 360. The van der Waals surface area contributed by atoms with Crippen molar-refractivity contribution in [3.05, 3.63) is 12.4 Å². The van der Waals surface area contributed by atoms with Gasteiger partial charge in [-0.25, -0.2) is 4.98 Å². The fourth-order valence-corrected chi connectivity index (χ4v) is 1.91. The Labute approximate surface area is 103 Å². The van der Waals surface area contributed by atoms with Crippen molar-refractivity contribution in [2.45, 2.75) is 39.7 Å². The van der Waals surface area contributed by atoms with E-state index in [9.17, 15) is 0 Å². The summed E-state index contributed by atoms with van der Waals surface area (Å²) in [6, 6.07) is 0.474. The molecule has 1 aliphatic carbocycles. The molecule has 2 rings (SSSR count). The number of nitrogens with one attached hydrogen (secondary N) is 1. The van der Waals surface area contributed by atoms with Crippen LogP contribution in [0.2, 0.25) is 0 Å². The van der Waals surface area contributed by atoms with E-state index in [-0.39, 0.29) is 0 Å². The highest BCUT2D eigenvalue weighted by atomic mass is 15.2. The predicted molar refractivity (Wildman–Crippen MR) is 71.4 cm³/mol. The predicted octanol–water partition coefficient (Wildman–Crippen LogP) is 2.53. The Kier molecular flexibility index (Phi) is 3.82. The van der Waals surface area contributed by atoms with Gasteiger partial charge in [-0.3, -0.25) is 4.98 Å². The summed E-state index contributed by atoms with van der Waals surface area (Å²) >= 11 is 0. The maximum absolute atomic E-state index is 4.62. The first kappa shape index (κ1) is 12.1. The van der Waals surface area contributed by atoms with E-state index < -0.39 is 0 Å². The second-order valence-corrected chi connectivity index (χ2v) is 4.98. The minimum Gasteiger partial charge on any atom is -0.369 e. The third-order valence-electron chi connectivity index (χ3n) is 3.05. The molecule has 1 heterocycles. The zero-order chi connectivity index (χ0) is 12.3. The van der Waals surface area contributed by atoms with Gasteiger partial charge in [0, 0.05) is 19.1 Å². The molecule has 94 valence electrons. The van der Waals surface area contributed by atoms with E-state index in [1.807, 2.05) is 6.20 Å². The standard InChI is InChI=1S/C13H22N4/c1-4-15-12-7-14-8-13(16-12)17(10(2)3)9-11-5-6-11/h7-8,10-11H,4-6,9H2,1-3H3,(H,15,16). The summed E-state index contributed by atoms with van der Waals surface area (Å²) in [5.74, 6) is 2.72. The highest BCUT2D eigenvalue weighted by Crippen LogP contribution is 2.31. The fourth-order valence-electron chi connectivity index (χ4n) is 1.91. The lowest BCUT2D eigenvalue weighted by molar-refractivity contribution is 0.635. The van der Waals surface area contributed by atoms with E-state index in [2.05, 4.69) is 41.0 Å². The van der Waals surface area contributed by atoms with Crippen molar-refractivity contribution in [3.63, 3.8) is 0 Å². The van der Waals surface area contributed by atoms with Crippen LogP contribution >= 0.6 is 0 Å². The van der Waals surface area contributed by atoms with E-state index in [4.69, 9.17) is 0 Å². The molecule has 1 saturated carbocycles. The number of hydrogen-bond donors (Lipinski definition) is 1. The average Bonchev–Trinajstić information content (AvgIpc) is 3.10. The second-order valence-electron chi connectivity index (χ2n) is 4.98. The number of anilines is 2. The van der Waals surface area contributed by atoms with Gasteiger partial charge in [-0.2, -0.15) is 0 Å².